The first-order valence-corrected chi connectivity index (χ1v) is 9.53. The van der Waals surface area contributed by atoms with E-state index in [9.17, 15) is 8.78 Å². The highest BCUT2D eigenvalue weighted by Gasteiger charge is 2.37. The van der Waals surface area contributed by atoms with Crippen LogP contribution in [0.2, 0.25) is 0 Å². The maximum atomic E-state index is 14.5. The predicted molar refractivity (Wildman–Crippen MR) is 104 cm³/mol. The molecule has 2 aromatic rings. The van der Waals surface area contributed by atoms with Crippen molar-refractivity contribution in [2.24, 2.45) is 16.8 Å². The van der Waals surface area contributed by atoms with E-state index in [4.69, 9.17) is 0 Å². The summed E-state index contributed by atoms with van der Waals surface area (Å²) in [6.45, 7) is 5.31. The Labute approximate surface area is 157 Å². The van der Waals surface area contributed by atoms with Gasteiger partial charge in [0, 0.05) is 11.4 Å². The van der Waals surface area contributed by atoms with Gasteiger partial charge in [-0.2, -0.15) is 5.10 Å². The molecule has 0 saturated heterocycles. The van der Waals surface area contributed by atoms with Gasteiger partial charge in [-0.25, -0.2) is 13.8 Å². The first-order chi connectivity index (χ1) is 13.1. The molecule has 6 heteroatoms. The molecule has 4 rings (SSSR count). The van der Waals surface area contributed by atoms with Gasteiger partial charge >= 0.3 is 0 Å². The number of hydrogen-bond acceptors (Lipinski definition) is 3. The Bertz CT molecular complexity index is 927. The molecule has 0 radical (unpaired) electrons. The highest BCUT2D eigenvalue weighted by molar-refractivity contribution is 6.08. The number of halogens is 2. The summed E-state index contributed by atoms with van der Waals surface area (Å²) in [4.78, 5) is 4.49. The summed E-state index contributed by atoms with van der Waals surface area (Å²) >= 11 is 0. The second kappa shape index (κ2) is 7.25. The summed E-state index contributed by atoms with van der Waals surface area (Å²) < 4.78 is 28.4. The molecule has 2 fully saturated rings. The average molecular weight is 370 g/mol. The highest BCUT2D eigenvalue weighted by atomic mass is 19.1. The van der Waals surface area contributed by atoms with Crippen molar-refractivity contribution in [1.29, 1.82) is 0 Å². The molecule has 2 bridgehead atoms. The zero-order chi connectivity index (χ0) is 19.0. The van der Waals surface area contributed by atoms with Gasteiger partial charge in [0.25, 0.3) is 0 Å². The lowest BCUT2D eigenvalue weighted by molar-refractivity contribution is 0.339. The van der Waals surface area contributed by atoms with Crippen molar-refractivity contribution < 1.29 is 8.78 Å². The van der Waals surface area contributed by atoms with Crippen LogP contribution in [0.15, 0.2) is 47.5 Å². The number of aromatic amines is 1. The van der Waals surface area contributed by atoms with Gasteiger partial charge in [0.1, 0.15) is 5.52 Å². The van der Waals surface area contributed by atoms with Gasteiger partial charge in [-0.05, 0) is 50.2 Å². The lowest BCUT2D eigenvalue weighted by Gasteiger charge is -2.23. The van der Waals surface area contributed by atoms with E-state index in [-0.39, 0.29) is 17.4 Å². The number of allylic oxidation sites excluding steroid dienone is 2. The summed E-state index contributed by atoms with van der Waals surface area (Å²) in [5, 5.41) is 10.8. The maximum absolute atomic E-state index is 14.5. The molecule has 4 nitrogen and oxygen atoms in total. The van der Waals surface area contributed by atoms with Crippen LogP contribution in [0.25, 0.3) is 10.9 Å². The summed E-state index contributed by atoms with van der Waals surface area (Å²) in [5.41, 5.74) is 1.39. The quantitative estimate of drug-likeness (QED) is 0.575. The molecule has 3 unspecified atom stereocenters. The van der Waals surface area contributed by atoms with Gasteiger partial charge in [-0.15, -0.1) is 0 Å². The summed E-state index contributed by atoms with van der Waals surface area (Å²) in [5.74, 6) is 0.630. The number of aliphatic imine (C=N–C) groups is 1. The topological polar surface area (TPSA) is 53.1 Å². The molecule has 1 aromatic carbocycles. The first-order valence-electron chi connectivity index (χ1n) is 9.53. The fourth-order valence-corrected chi connectivity index (χ4v) is 4.57. The Morgan fingerprint density at radius 1 is 1.37 bits per heavy atom. The molecule has 142 valence electrons. The van der Waals surface area contributed by atoms with E-state index in [0.29, 0.717) is 22.7 Å². The van der Waals surface area contributed by atoms with E-state index in [1.54, 1.807) is 19.1 Å². The number of aromatic nitrogens is 2. The standard InChI is InChI=1S/C21H24F2N4/c1-3-16(22)21(25-18-11-13-6-4-7-14(18)10-13)24-12(2)19-15-8-5-9-17(23)20(15)27-26-19/h3,5,8-9,13-14,18,25H,1,4,6-7,10-11H2,2H3,(H,26,27)/b21-16-,24-12?. The van der Waals surface area contributed by atoms with Crippen LogP contribution in [0.5, 0.6) is 0 Å². The summed E-state index contributed by atoms with van der Waals surface area (Å²) in [6.07, 6.45) is 7.16. The molecule has 2 N–H and O–H groups in total. The number of nitrogens with zero attached hydrogens (tertiary/aromatic N) is 2. The van der Waals surface area contributed by atoms with Crippen molar-refractivity contribution in [1.82, 2.24) is 15.5 Å². The molecule has 1 heterocycles. The predicted octanol–water partition coefficient (Wildman–Crippen LogP) is 5.00. The normalized spacial score (nSPS) is 26.2. The Hall–Kier alpha value is -2.50. The van der Waals surface area contributed by atoms with Gasteiger partial charge in [-0.3, -0.25) is 5.10 Å². The molecule has 2 saturated carbocycles. The summed E-state index contributed by atoms with van der Waals surface area (Å²) in [7, 11) is 0. The van der Waals surface area contributed by atoms with Crippen LogP contribution >= 0.6 is 0 Å². The number of H-pyrrole nitrogens is 1. The molecule has 0 amide bonds. The molecule has 1 aromatic heterocycles. The SMILES string of the molecule is C=C/C(F)=C(\N=C(C)c1[nH]nc2c(F)cccc12)NC1CC2CCCC1C2. The molecule has 0 aliphatic heterocycles. The van der Waals surface area contributed by atoms with E-state index in [0.717, 1.165) is 12.3 Å². The molecule has 2 aliphatic rings. The smallest absolute Gasteiger partial charge is 0.164 e. The fraction of sp³-hybridized carbons (Fsp3) is 0.429. The molecular formula is C21H24F2N4. The second-order valence-corrected chi connectivity index (χ2v) is 7.61. The van der Waals surface area contributed by atoms with Gasteiger partial charge in [-0.1, -0.05) is 31.6 Å². The molecule has 27 heavy (non-hydrogen) atoms. The Kier molecular flexibility index (Phi) is 4.81. The van der Waals surface area contributed by atoms with E-state index in [1.165, 1.54) is 37.8 Å². The number of para-hydroxylation sites is 1. The monoisotopic (exact) mass is 370 g/mol. The van der Waals surface area contributed by atoms with Crippen molar-refractivity contribution in [2.75, 3.05) is 0 Å². The number of hydrogen-bond donors (Lipinski definition) is 2. The van der Waals surface area contributed by atoms with Crippen LogP contribution in [0.1, 0.15) is 44.7 Å². The van der Waals surface area contributed by atoms with Crippen molar-refractivity contribution >= 4 is 16.6 Å². The number of rotatable bonds is 5. The van der Waals surface area contributed by atoms with Crippen molar-refractivity contribution in [3.63, 3.8) is 0 Å². The van der Waals surface area contributed by atoms with Gasteiger partial charge in [0.2, 0.25) is 0 Å². The number of fused-ring (bicyclic) bond motifs is 3. The maximum Gasteiger partial charge on any atom is 0.164 e. The van der Waals surface area contributed by atoms with Gasteiger partial charge in [0.15, 0.2) is 17.5 Å². The minimum Gasteiger partial charge on any atom is -0.365 e. The Balaban J connectivity index is 1.64. The number of nitrogens with one attached hydrogen (secondary N) is 2. The zero-order valence-electron chi connectivity index (χ0n) is 15.4. The van der Waals surface area contributed by atoms with Crippen molar-refractivity contribution in [3.05, 3.63) is 54.0 Å². The summed E-state index contributed by atoms with van der Waals surface area (Å²) in [6, 6.07) is 5.01. The van der Waals surface area contributed by atoms with Crippen LogP contribution in [0.4, 0.5) is 8.78 Å². The van der Waals surface area contributed by atoms with E-state index in [1.807, 2.05) is 0 Å². The largest absolute Gasteiger partial charge is 0.365 e. The van der Waals surface area contributed by atoms with E-state index in [2.05, 4.69) is 27.1 Å². The first kappa shape index (κ1) is 17.9. The third-order valence-corrected chi connectivity index (χ3v) is 5.88. The third-order valence-electron chi connectivity index (χ3n) is 5.88. The van der Waals surface area contributed by atoms with Crippen LogP contribution in [-0.4, -0.2) is 22.0 Å². The van der Waals surface area contributed by atoms with Gasteiger partial charge < -0.3 is 5.32 Å². The van der Waals surface area contributed by atoms with Crippen LogP contribution in [-0.2, 0) is 0 Å². The number of benzene rings is 1. The van der Waals surface area contributed by atoms with E-state index < -0.39 is 11.6 Å². The van der Waals surface area contributed by atoms with E-state index >= 15 is 0 Å². The average Bonchev–Trinajstić information content (AvgIpc) is 3.22. The van der Waals surface area contributed by atoms with Crippen molar-refractivity contribution in [3.8, 4) is 0 Å². The minimum atomic E-state index is -0.481. The molecule has 3 atom stereocenters. The fourth-order valence-electron chi connectivity index (χ4n) is 4.57. The van der Waals surface area contributed by atoms with Crippen molar-refractivity contribution in [2.45, 2.75) is 45.1 Å². The minimum absolute atomic E-state index is 0.194. The van der Waals surface area contributed by atoms with Crippen LogP contribution in [0.3, 0.4) is 0 Å². The lowest BCUT2D eigenvalue weighted by Crippen LogP contribution is -2.32. The molecule has 0 spiro atoms. The second-order valence-electron chi connectivity index (χ2n) is 7.61. The third kappa shape index (κ3) is 3.40. The molecule has 2 aliphatic carbocycles. The lowest BCUT2D eigenvalue weighted by atomic mass is 9.89. The molecular weight excluding hydrogens is 346 g/mol. The van der Waals surface area contributed by atoms with Crippen LogP contribution < -0.4 is 5.32 Å². The Morgan fingerprint density at radius 2 is 2.22 bits per heavy atom. The van der Waals surface area contributed by atoms with Gasteiger partial charge in [0.05, 0.1) is 11.4 Å². The van der Waals surface area contributed by atoms with Crippen LogP contribution in [0, 0.1) is 17.7 Å². The highest BCUT2D eigenvalue weighted by Crippen LogP contribution is 2.42. The Morgan fingerprint density at radius 3 is 3.00 bits per heavy atom. The zero-order valence-corrected chi connectivity index (χ0v) is 15.4.